The van der Waals surface area contributed by atoms with Gasteiger partial charge in [0.2, 0.25) is 0 Å². The molecule has 1 aliphatic rings. The fraction of sp³-hybridized carbons (Fsp3) is 0.571. The van der Waals surface area contributed by atoms with Crippen molar-refractivity contribution in [2.75, 3.05) is 27.2 Å². The van der Waals surface area contributed by atoms with E-state index in [-0.39, 0.29) is 0 Å². The summed E-state index contributed by atoms with van der Waals surface area (Å²) in [5.41, 5.74) is 1.37. The zero-order valence-electron chi connectivity index (χ0n) is 10.9. The van der Waals surface area contributed by atoms with Gasteiger partial charge < -0.3 is 14.7 Å². The number of methoxy groups -OCH3 is 1. The molecule has 1 aliphatic heterocycles. The molecule has 0 unspecified atom stereocenters. The third-order valence-corrected chi connectivity index (χ3v) is 3.67. The number of aliphatic hydroxyl groups is 1. The summed E-state index contributed by atoms with van der Waals surface area (Å²) in [5.74, 6) is 0.794. The van der Waals surface area contributed by atoms with E-state index in [4.69, 9.17) is 4.74 Å². The topological polar surface area (TPSA) is 32.7 Å². The summed E-state index contributed by atoms with van der Waals surface area (Å²) in [5, 5.41) is 10.8. The Balaban J connectivity index is 2.34. The molecule has 0 spiro atoms. The van der Waals surface area contributed by atoms with Crippen LogP contribution in [0.3, 0.4) is 0 Å². The number of benzene rings is 1. The maximum Gasteiger partial charge on any atom is 0.124 e. The molecule has 94 valence electrons. The molecule has 1 heterocycles. The summed E-state index contributed by atoms with van der Waals surface area (Å²) in [7, 11) is 3.75. The van der Waals surface area contributed by atoms with E-state index in [1.165, 1.54) is 0 Å². The molecule has 2 rings (SSSR count). The minimum absolute atomic E-state index is 0.732. The fourth-order valence-electron chi connectivity index (χ4n) is 2.44. The molecule has 1 aromatic rings. The Morgan fingerprint density at radius 2 is 1.94 bits per heavy atom. The van der Waals surface area contributed by atoms with Crippen molar-refractivity contribution in [3.63, 3.8) is 0 Å². The van der Waals surface area contributed by atoms with E-state index in [0.717, 1.165) is 42.8 Å². The van der Waals surface area contributed by atoms with Gasteiger partial charge in [-0.15, -0.1) is 0 Å². The average Bonchev–Trinajstić information content (AvgIpc) is 2.33. The summed E-state index contributed by atoms with van der Waals surface area (Å²) in [6.07, 6.45) is 1.53. The minimum atomic E-state index is -0.732. The highest BCUT2D eigenvalue weighted by Crippen LogP contribution is 2.38. The van der Waals surface area contributed by atoms with Crippen molar-refractivity contribution >= 4 is 0 Å². The predicted molar refractivity (Wildman–Crippen MR) is 68.4 cm³/mol. The van der Waals surface area contributed by atoms with Crippen LogP contribution in [-0.4, -0.2) is 37.3 Å². The normalized spacial score (nSPS) is 20.2. The smallest absolute Gasteiger partial charge is 0.124 e. The first-order valence-corrected chi connectivity index (χ1v) is 6.11. The molecular formula is C14H21NO2. The first-order valence-electron chi connectivity index (χ1n) is 6.11. The van der Waals surface area contributed by atoms with Gasteiger partial charge in [0.05, 0.1) is 12.7 Å². The van der Waals surface area contributed by atoms with Crippen molar-refractivity contribution in [1.82, 2.24) is 4.90 Å². The van der Waals surface area contributed by atoms with Gasteiger partial charge in [0, 0.05) is 18.7 Å². The number of rotatable bonds is 2. The zero-order chi connectivity index (χ0) is 12.5. The summed E-state index contributed by atoms with van der Waals surface area (Å²) >= 11 is 0. The van der Waals surface area contributed by atoms with Gasteiger partial charge in [-0.25, -0.2) is 0 Å². The van der Waals surface area contributed by atoms with Crippen molar-refractivity contribution in [3.05, 3.63) is 29.3 Å². The molecule has 0 amide bonds. The van der Waals surface area contributed by atoms with Gasteiger partial charge in [0.25, 0.3) is 0 Å². The van der Waals surface area contributed by atoms with E-state index in [1.807, 2.05) is 25.1 Å². The average molecular weight is 235 g/mol. The van der Waals surface area contributed by atoms with Crippen LogP contribution in [0.4, 0.5) is 0 Å². The molecule has 17 heavy (non-hydrogen) atoms. The molecular weight excluding hydrogens is 214 g/mol. The Hall–Kier alpha value is -1.06. The van der Waals surface area contributed by atoms with E-state index in [2.05, 4.69) is 11.9 Å². The number of likely N-dealkylation sites (tertiary alicyclic amines) is 1. The van der Waals surface area contributed by atoms with Crippen LogP contribution in [0.2, 0.25) is 0 Å². The highest BCUT2D eigenvalue weighted by Gasteiger charge is 2.35. The lowest BCUT2D eigenvalue weighted by molar-refractivity contribution is -0.0219. The lowest BCUT2D eigenvalue weighted by atomic mass is 9.83. The molecule has 0 saturated carbocycles. The summed E-state index contributed by atoms with van der Waals surface area (Å²) in [4.78, 5) is 2.25. The van der Waals surface area contributed by atoms with Crippen LogP contribution in [-0.2, 0) is 5.60 Å². The maximum atomic E-state index is 10.8. The van der Waals surface area contributed by atoms with Crippen LogP contribution in [0.5, 0.6) is 5.75 Å². The van der Waals surface area contributed by atoms with Gasteiger partial charge in [-0.05, 0) is 38.9 Å². The fourth-order valence-corrected chi connectivity index (χ4v) is 2.44. The van der Waals surface area contributed by atoms with Gasteiger partial charge in [-0.2, -0.15) is 0 Å². The van der Waals surface area contributed by atoms with Gasteiger partial charge in [-0.1, -0.05) is 11.6 Å². The van der Waals surface area contributed by atoms with Crippen molar-refractivity contribution in [2.45, 2.75) is 25.4 Å². The molecule has 0 aliphatic carbocycles. The standard InChI is InChI=1S/C14H21NO2/c1-11-4-5-13(17-3)12(10-11)14(16)6-8-15(2)9-7-14/h4-5,10,16H,6-9H2,1-3H3. The van der Waals surface area contributed by atoms with Crippen molar-refractivity contribution in [2.24, 2.45) is 0 Å². The molecule has 0 aromatic heterocycles. The number of hydrogen-bond donors (Lipinski definition) is 1. The van der Waals surface area contributed by atoms with Gasteiger partial charge in [-0.3, -0.25) is 0 Å². The largest absolute Gasteiger partial charge is 0.496 e. The quantitative estimate of drug-likeness (QED) is 0.850. The monoisotopic (exact) mass is 235 g/mol. The lowest BCUT2D eigenvalue weighted by Crippen LogP contribution is -2.40. The van der Waals surface area contributed by atoms with E-state index >= 15 is 0 Å². The summed E-state index contributed by atoms with van der Waals surface area (Å²) in [6.45, 7) is 3.89. The van der Waals surface area contributed by atoms with Crippen LogP contribution in [0.15, 0.2) is 18.2 Å². The summed E-state index contributed by atoms with van der Waals surface area (Å²) < 4.78 is 5.37. The second kappa shape index (κ2) is 4.67. The predicted octanol–water partition coefficient (Wildman–Crippen LogP) is 1.92. The molecule has 1 saturated heterocycles. The maximum absolute atomic E-state index is 10.8. The lowest BCUT2D eigenvalue weighted by Gasteiger charge is -2.37. The van der Waals surface area contributed by atoms with Crippen molar-refractivity contribution < 1.29 is 9.84 Å². The van der Waals surface area contributed by atoms with E-state index in [1.54, 1.807) is 7.11 Å². The number of ether oxygens (including phenoxy) is 1. The van der Waals surface area contributed by atoms with E-state index < -0.39 is 5.60 Å². The third kappa shape index (κ3) is 2.45. The Morgan fingerprint density at radius 1 is 1.29 bits per heavy atom. The van der Waals surface area contributed by atoms with Crippen LogP contribution in [0, 0.1) is 6.92 Å². The number of hydrogen-bond acceptors (Lipinski definition) is 3. The van der Waals surface area contributed by atoms with Crippen LogP contribution < -0.4 is 4.74 Å². The molecule has 1 aromatic carbocycles. The second-order valence-corrected chi connectivity index (χ2v) is 5.04. The number of aryl methyl sites for hydroxylation is 1. The minimum Gasteiger partial charge on any atom is -0.496 e. The van der Waals surface area contributed by atoms with Crippen molar-refractivity contribution in [3.8, 4) is 5.75 Å². The Labute approximate surface area is 103 Å². The number of piperidine rings is 1. The highest BCUT2D eigenvalue weighted by atomic mass is 16.5. The molecule has 1 N–H and O–H groups in total. The molecule has 0 bridgehead atoms. The SMILES string of the molecule is COc1ccc(C)cc1C1(O)CCN(C)CC1. The van der Waals surface area contributed by atoms with E-state index in [0.29, 0.717) is 0 Å². The molecule has 3 heteroatoms. The Kier molecular flexibility index (Phi) is 3.40. The highest BCUT2D eigenvalue weighted by molar-refractivity contribution is 5.41. The zero-order valence-corrected chi connectivity index (χ0v) is 10.9. The number of nitrogens with zero attached hydrogens (tertiary/aromatic N) is 1. The van der Waals surface area contributed by atoms with Gasteiger partial charge in [0.15, 0.2) is 0 Å². The van der Waals surface area contributed by atoms with E-state index in [9.17, 15) is 5.11 Å². The molecule has 0 radical (unpaired) electrons. The van der Waals surface area contributed by atoms with Crippen molar-refractivity contribution in [1.29, 1.82) is 0 Å². The molecule has 0 atom stereocenters. The Morgan fingerprint density at radius 3 is 2.53 bits per heavy atom. The summed E-state index contributed by atoms with van der Waals surface area (Å²) in [6, 6.07) is 6.01. The molecule has 3 nitrogen and oxygen atoms in total. The third-order valence-electron chi connectivity index (χ3n) is 3.67. The van der Waals surface area contributed by atoms with Gasteiger partial charge >= 0.3 is 0 Å². The molecule has 1 fully saturated rings. The second-order valence-electron chi connectivity index (χ2n) is 5.04. The van der Waals surface area contributed by atoms with Gasteiger partial charge in [0.1, 0.15) is 5.75 Å². The Bertz CT molecular complexity index is 395. The van der Waals surface area contributed by atoms with Crippen LogP contribution in [0.1, 0.15) is 24.0 Å². The first kappa shape index (κ1) is 12.4. The first-order chi connectivity index (χ1) is 8.05. The van der Waals surface area contributed by atoms with Crippen LogP contribution in [0.25, 0.3) is 0 Å². The van der Waals surface area contributed by atoms with Crippen LogP contribution >= 0.6 is 0 Å².